The molecule has 1 nitrogen and oxygen atoms in total. The van der Waals surface area contributed by atoms with E-state index in [1.807, 2.05) is 6.07 Å². The van der Waals surface area contributed by atoms with E-state index in [0.717, 1.165) is 16.1 Å². The van der Waals surface area contributed by atoms with Crippen LogP contribution in [0.2, 0.25) is 5.02 Å². The molecule has 0 aliphatic carbocycles. The monoisotopic (exact) mass is 359 g/mol. The highest BCUT2D eigenvalue weighted by Gasteiger charge is 2.14. The third-order valence-electron chi connectivity index (χ3n) is 3.05. The van der Waals surface area contributed by atoms with Crippen molar-refractivity contribution < 1.29 is 8.78 Å². The second kappa shape index (κ2) is 6.66. The highest BCUT2D eigenvalue weighted by Crippen LogP contribution is 2.29. The van der Waals surface area contributed by atoms with Crippen molar-refractivity contribution >= 4 is 27.5 Å². The van der Waals surface area contributed by atoms with Crippen LogP contribution in [-0.4, -0.2) is 7.05 Å². The molecule has 20 heavy (non-hydrogen) atoms. The largest absolute Gasteiger partial charge is 0.313 e. The van der Waals surface area contributed by atoms with Crippen molar-refractivity contribution in [2.24, 2.45) is 0 Å². The SMILES string of the molecule is CNC(Cc1cc(F)cc(F)c1)c1ccc(Cl)cc1Br. The summed E-state index contributed by atoms with van der Waals surface area (Å²) in [5, 5.41) is 3.78. The van der Waals surface area contributed by atoms with Gasteiger partial charge < -0.3 is 5.32 Å². The van der Waals surface area contributed by atoms with Gasteiger partial charge in [-0.05, 0) is 48.9 Å². The predicted molar refractivity (Wildman–Crippen MR) is 81.0 cm³/mol. The van der Waals surface area contributed by atoms with E-state index in [1.54, 1.807) is 19.2 Å². The Hall–Kier alpha value is -0.970. The third kappa shape index (κ3) is 3.78. The van der Waals surface area contributed by atoms with Crippen LogP contribution in [0.15, 0.2) is 40.9 Å². The number of rotatable bonds is 4. The Balaban J connectivity index is 2.28. The molecule has 0 fully saturated rings. The van der Waals surface area contributed by atoms with Crippen molar-refractivity contribution in [1.29, 1.82) is 0 Å². The molecular weight excluding hydrogens is 348 g/mol. The molecule has 1 N–H and O–H groups in total. The van der Waals surface area contributed by atoms with E-state index in [4.69, 9.17) is 11.6 Å². The smallest absolute Gasteiger partial charge is 0.126 e. The summed E-state index contributed by atoms with van der Waals surface area (Å²) in [5.41, 5.74) is 1.59. The molecule has 5 heteroatoms. The fourth-order valence-electron chi connectivity index (χ4n) is 2.12. The molecular formula is C15H13BrClF2N. The maximum Gasteiger partial charge on any atom is 0.126 e. The van der Waals surface area contributed by atoms with Crippen LogP contribution in [0.3, 0.4) is 0 Å². The first-order valence-electron chi connectivity index (χ1n) is 6.07. The lowest BCUT2D eigenvalue weighted by Crippen LogP contribution is -2.19. The van der Waals surface area contributed by atoms with Gasteiger partial charge >= 0.3 is 0 Å². The first kappa shape index (κ1) is 15.4. The lowest BCUT2D eigenvalue weighted by Gasteiger charge is -2.18. The Bertz CT molecular complexity index is 599. The molecule has 2 aromatic carbocycles. The van der Waals surface area contributed by atoms with E-state index in [9.17, 15) is 8.78 Å². The maximum absolute atomic E-state index is 13.2. The summed E-state index contributed by atoms with van der Waals surface area (Å²) in [4.78, 5) is 0. The van der Waals surface area contributed by atoms with Gasteiger partial charge in [0.25, 0.3) is 0 Å². The molecule has 0 spiro atoms. The van der Waals surface area contributed by atoms with Gasteiger partial charge in [-0.2, -0.15) is 0 Å². The van der Waals surface area contributed by atoms with E-state index in [0.29, 0.717) is 17.0 Å². The zero-order chi connectivity index (χ0) is 14.7. The van der Waals surface area contributed by atoms with E-state index in [2.05, 4.69) is 21.2 Å². The quantitative estimate of drug-likeness (QED) is 0.819. The minimum absolute atomic E-state index is 0.0668. The molecule has 2 rings (SSSR count). The van der Waals surface area contributed by atoms with Gasteiger partial charge in [0.05, 0.1) is 0 Å². The Labute approximate surface area is 130 Å². The van der Waals surface area contributed by atoms with Crippen molar-refractivity contribution in [1.82, 2.24) is 5.32 Å². The molecule has 2 aromatic rings. The van der Waals surface area contributed by atoms with Gasteiger partial charge in [-0.25, -0.2) is 8.78 Å². The van der Waals surface area contributed by atoms with Crippen LogP contribution < -0.4 is 5.32 Å². The van der Waals surface area contributed by atoms with Gasteiger partial charge in [0.15, 0.2) is 0 Å². The van der Waals surface area contributed by atoms with Gasteiger partial charge in [0.1, 0.15) is 11.6 Å². The van der Waals surface area contributed by atoms with Crippen molar-refractivity contribution in [3.8, 4) is 0 Å². The molecule has 0 saturated carbocycles. The summed E-state index contributed by atoms with van der Waals surface area (Å²) in [7, 11) is 1.81. The standard InChI is InChI=1S/C15H13BrClF2N/c1-20-15(13-3-2-10(17)7-14(13)16)6-9-4-11(18)8-12(19)5-9/h2-5,7-8,15,20H,6H2,1H3. The van der Waals surface area contributed by atoms with Crippen molar-refractivity contribution in [3.63, 3.8) is 0 Å². The number of hydrogen-bond donors (Lipinski definition) is 1. The van der Waals surface area contributed by atoms with E-state index in [1.165, 1.54) is 12.1 Å². The number of halogens is 4. The van der Waals surface area contributed by atoms with Crippen LogP contribution in [0, 0.1) is 11.6 Å². The molecule has 1 unspecified atom stereocenters. The number of likely N-dealkylation sites (N-methyl/N-ethyl adjacent to an activating group) is 1. The molecule has 0 aliphatic heterocycles. The predicted octanol–water partition coefficient (Wildman–Crippen LogP) is 4.88. The van der Waals surface area contributed by atoms with Crippen LogP contribution in [0.1, 0.15) is 17.2 Å². The maximum atomic E-state index is 13.2. The summed E-state index contributed by atoms with van der Waals surface area (Å²) < 4.78 is 27.3. The summed E-state index contributed by atoms with van der Waals surface area (Å²) in [5.74, 6) is -1.13. The summed E-state index contributed by atoms with van der Waals surface area (Å²) in [6, 6.07) is 8.97. The Kier molecular flexibility index (Phi) is 5.13. The van der Waals surface area contributed by atoms with Gasteiger partial charge in [-0.15, -0.1) is 0 Å². The normalized spacial score (nSPS) is 12.4. The fourth-order valence-corrected chi connectivity index (χ4v) is 3.08. The topological polar surface area (TPSA) is 12.0 Å². The second-order valence-electron chi connectivity index (χ2n) is 4.49. The average Bonchev–Trinajstić information content (AvgIpc) is 2.35. The molecule has 1 atom stereocenters. The van der Waals surface area contributed by atoms with Crippen molar-refractivity contribution in [2.75, 3.05) is 7.05 Å². The molecule has 0 aromatic heterocycles. The lowest BCUT2D eigenvalue weighted by atomic mass is 9.99. The summed E-state index contributed by atoms with van der Waals surface area (Å²) in [6.07, 6.45) is 0.478. The van der Waals surface area contributed by atoms with E-state index in [-0.39, 0.29) is 6.04 Å². The summed E-state index contributed by atoms with van der Waals surface area (Å²) in [6.45, 7) is 0. The van der Waals surface area contributed by atoms with Crippen LogP contribution in [0.4, 0.5) is 8.78 Å². The van der Waals surface area contributed by atoms with Gasteiger partial charge in [0, 0.05) is 21.6 Å². The van der Waals surface area contributed by atoms with Crippen LogP contribution in [0.5, 0.6) is 0 Å². The van der Waals surface area contributed by atoms with Crippen LogP contribution in [0.25, 0.3) is 0 Å². The van der Waals surface area contributed by atoms with Crippen LogP contribution >= 0.6 is 27.5 Å². The van der Waals surface area contributed by atoms with Gasteiger partial charge in [-0.3, -0.25) is 0 Å². The zero-order valence-corrected chi connectivity index (χ0v) is 13.1. The van der Waals surface area contributed by atoms with Crippen molar-refractivity contribution in [2.45, 2.75) is 12.5 Å². The number of hydrogen-bond acceptors (Lipinski definition) is 1. The van der Waals surface area contributed by atoms with Gasteiger partial charge in [-0.1, -0.05) is 33.6 Å². The minimum Gasteiger partial charge on any atom is -0.313 e. The first-order valence-corrected chi connectivity index (χ1v) is 7.24. The van der Waals surface area contributed by atoms with Crippen LogP contribution in [-0.2, 0) is 6.42 Å². The zero-order valence-electron chi connectivity index (χ0n) is 10.8. The third-order valence-corrected chi connectivity index (χ3v) is 3.97. The molecule has 0 amide bonds. The van der Waals surface area contributed by atoms with E-state index < -0.39 is 11.6 Å². The summed E-state index contributed by atoms with van der Waals surface area (Å²) >= 11 is 9.38. The molecule has 106 valence electrons. The Morgan fingerprint density at radius 2 is 1.80 bits per heavy atom. The molecule has 0 aliphatic rings. The fraction of sp³-hybridized carbons (Fsp3) is 0.200. The van der Waals surface area contributed by atoms with Gasteiger partial charge in [0.2, 0.25) is 0 Å². The van der Waals surface area contributed by atoms with Crippen molar-refractivity contribution in [3.05, 3.63) is 68.7 Å². The molecule has 0 heterocycles. The highest BCUT2D eigenvalue weighted by molar-refractivity contribution is 9.10. The lowest BCUT2D eigenvalue weighted by molar-refractivity contribution is 0.561. The first-order chi connectivity index (χ1) is 9.49. The highest BCUT2D eigenvalue weighted by atomic mass is 79.9. The minimum atomic E-state index is -0.565. The molecule has 0 saturated heterocycles. The number of nitrogens with one attached hydrogen (secondary N) is 1. The Morgan fingerprint density at radius 1 is 1.15 bits per heavy atom. The Morgan fingerprint density at radius 3 is 2.35 bits per heavy atom. The van der Waals surface area contributed by atoms with E-state index >= 15 is 0 Å². The second-order valence-corrected chi connectivity index (χ2v) is 5.78. The average molecular weight is 361 g/mol. The molecule has 0 bridgehead atoms. The number of benzene rings is 2. The molecule has 0 radical (unpaired) electrons.